The van der Waals surface area contributed by atoms with Crippen molar-refractivity contribution in [1.82, 2.24) is 9.97 Å². The van der Waals surface area contributed by atoms with Crippen LogP contribution in [0.3, 0.4) is 0 Å². The summed E-state index contributed by atoms with van der Waals surface area (Å²) in [7, 11) is 0. The third-order valence-corrected chi connectivity index (χ3v) is 2.35. The van der Waals surface area contributed by atoms with Crippen LogP contribution in [0.4, 0.5) is 10.2 Å². The van der Waals surface area contributed by atoms with Gasteiger partial charge < -0.3 is 5.32 Å². The maximum atomic E-state index is 12.9. The molecule has 0 aliphatic rings. The molecule has 0 amide bonds. The molecule has 0 fully saturated rings. The second-order valence-corrected chi connectivity index (χ2v) is 4.02. The predicted octanol–water partition coefficient (Wildman–Crippen LogP) is 2.99. The summed E-state index contributed by atoms with van der Waals surface area (Å²) in [5.41, 5.74) is 0.863. The zero-order chi connectivity index (χ0) is 11.4. The molecule has 3 nitrogen and oxygen atoms in total. The van der Waals surface area contributed by atoms with Crippen molar-refractivity contribution < 1.29 is 4.39 Å². The number of hydrogen-bond donors (Lipinski definition) is 1. The van der Waals surface area contributed by atoms with E-state index in [2.05, 4.69) is 31.2 Å². The van der Waals surface area contributed by atoms with Crippen molar-refractivity contribution in [3.8, 4) is 0 Å². The van der Waals surface area contributed by atoms with Gasteiger partial charge in [-0.3, -0.25) is 4.98 Å². The Bertz CT molecular complexity index is 445. The highest BCUT2D eigenvalue weighted by atomic mass is 79.9. The highest BCUT2D eigenvalue weighted by Crippen LogP contribution is 2.10. The molecule has 0 atom stereocenters. The van der Waals surface area contributed by atoms with Gasteiger partial charge in [0.25, 0.3) is 0 Å². The largest absolute Gasteiger partial charge is 0.365 e. The fraction of sp³-hybridized carbons (Fsp3) is 0.0909. The third kappa shape index (κ3) is 3.00. The first-order chi connectivity index (χ1) is 7.74. The standard InChI is InChI=1S/C11H9BrFN3/c12-10-6-14-7-11(16-10)15-5-8-2-1-3-9(13)4-8/h1-4,6-7H,5H2,(H,15,16). The second kappa shape index (κ2) is 5.03. The van der Waals surface area contributed by atoms with Crippen LogP contribution in [0, 0.1) is 5.82 Å². The highest BCUT2D eigenvalue weighted by molar-refractivity contribution is 9.10. The molecule has 1 heterocycles. The van der Waals surface area contributed by atoms with Crippen molar-refractivity contribution >= 4 is 21.7 Å². The molecule has 0 spiro atoms. The summed E-state index contributed by atoms with van der Waals surface area (Å²) in [5.74, 6) is 0.415. The molecular weight excluding hydrogens is 273 g/mol. The van der Waals surface area contributed by atoms with Crippen molar-refractivity contribution in [3.63, 3.8) is 0 Å². The number of benzene rings is 1. The van der Waals surface area contributed by atoms with Gasteiger partial charge in [0.05, 0.1) is 12.4 Å². The van der Waals surface area contributed by atoms with Crippen LogP contribution in [-0.4, -0.2) is 9.97 Å². The Labute approximate surface area is 101 Å². The quantitative estimate of drug-likeness (QED) is 0.940. The molecule has 0 unspecified atom stereocenters. The first kappa shape index (κ1) is 11.0. The molecule has 0 saturated carbocycles. The Morgan fingerprint density at radius 3 is 2.94 bits per heavy atom. The highest BCUT2D eigenvalue weighted by Gasteiger charge is 1.97. The van der Waals surface area contributed by atoms with Gasteiger partial charge in [0.15, 0.2) is 0 Å². The molecule has 0 aliphatic heterocycles. The Balaban J connectivity index is 2.02. The topological polar surface area (TPSA) is 37.8 Å². The number of nitrogens with zero attached hydrogens (tertiary/aromatic N) is 2. The van der Waals surface area contributed by atoms with Gasteiger partial charge >= 0.3 is 0 Å². The van der Waals surface area contributed by atoms with Crippen LogP contribution in [0.15, 0.2) is 41.3 Å². The third-order valence-electron chi connectivity index (χ3n) is 1.97. The van der Waals surface area contributed by atoms with E-state index in [1.165, 1.54) is 12.1 Å². The molecule has 2 rings (SSSR count). The first-order valence-corrected chi connectivity index (χ1v) is 5.49. The lowest BCUT2D eigenvalue weighted by atomic mass is 10.2. The Morgan fingerprint density at radius 2 is 2.19 bits per heavy atom. The average molecular weight is 282 g/mol. The minimum Gasteiger partial charge on any atom is -0.365 e. The van der Waals surface area contributed by atoms with Crippen LogP contribution >= 0.6 is 15.9 Å². The lowest BCUT2D eigenvalue weighted by molar-refractivity contribution is 0.626. The summed E-state index contributed by atoms with van der Waals surface area (Å²) in [6.07, 6.45) is 3.22. The van der Waals surface area contributed by atoms with Gasteiger partial charge in [0, 0.05) is 6.54 Å². The van der Waals surface area contributed by atoms with E-state index in [9.17, 15) is 4.39 Å². The van der Waals surface area contributed by atoms with Crippen LogP contribution in [0.5, 0.6) is 0 Å². The average Bonchev–Trinajstić information content (AvgIpc) is 2.27. The molecule has 5 heteroatoms. The van der Waals surface area contributed by atoms with E-state index >= 15 is 0 Å². The molecule has 0 bridgehead atoms. The van der Waals surface area contributed by atoms with E-state index in [1.807, 2.05) is 6.07 Å². The van der Waals surface area contributed by atoms with Crippen LogP contribution in [0.1, 0.15) is 5.56 Å². The lowest BCUT2D eigenvalue weighted by Gasteiger charge is -2.05. The zero-order valence-corrected chi connectivity index (χ0v) is 9.91. The molecule has 82 valence electrons. The number of halogens is 2. The van der Waals surface area contributed by atoms with Gasteiger partial charge in [-0.2, -0.15) is 0 Å². The molecule has 16 heavy (non-hydrogen) atoms. The summed E-state index contributed by atoms with van der Waals surface area (Å²) < 4.78 is 13.6. The van der Waals surface area contributed by atoms with Gasteiger partial charge in [0.1, 0.15) is 16.2 Å². The zero-order valence-electron chi connectivity index (χ0n) is 8.32. The maximum absolute atomic E-state index is 12.9. The minimum atomic E-state index is -0.236. The maximum Gasteiger partial charge on any atom is 0.146 e. The fourth-order valence-corrected chi connectivity index (χ4v) is 1.58. The molecule has 0 saturated heterocycles. The summed E-state index contributed by atoms with van der Waals surface area (Å²) in [6, 6.07) is 6.43. The Hall–Kier alpha value is -1.49. The molecule has 0 aliphatic carbocycles. The number of hydrogen-bond acceptors (Lipinski definition) is 3. The van der Waals surface area contributed by atoms with E-state index in [0.717, 1.165) is 5.56 Å². The normalized spacial score (nSPS) is 10.1. The molecule has 1 aromatic heterocycles. The van der Waals surface area contributed by atoms with Crippen molar-refractivity contribution in [3.05, 3.63) is 52.6 Å². The summed E-state index contributed by atoms with van der Waals surface area (Å²) in [5, 5.41) is 3.06. The monoisotopic (exact) mass is 281 g/mol. The second-order valence-electron chi connectivity index (χ2n) is 3.21. The van der Waals surface area contributed by atoms with Crippen molar-refractivity contribution in [2.45, 2.75) is 6.54 Å². The van der Waals surface area contributed by atoms with Crippen LogP contribution in [0.2, 0.25) is 0 Å². The van der Waals surface area contributed by atoms with E-state index < -0.39 is 0 Å². The van der Waals surface area contributed by atoms with Gasteiger partial charge in [-0.15, -0.1) is 0 Å². The number of anilines is 1. The van der Waals surface area contributed by atoms with Gasteiger partial charge in [0.2, 0.25) is 0 Å². The van der Waals surface area contributed by atoms with Gasteiger partial charge in [-0.25, -0.2) is 9.37 Å². The number of nitrogens with one attached hydrogen (secondary N) is 1. The molecular formula is C11H9BrFN3. The SMILES string of the molecule is Fc1cccc(CNc2cncc(Br)n2)c1. The minimum absolute atomic E-state index is 0.236. The van der Waals surface area contributed by atoms with Crippen molar-refractivity contribution in [2.75, 3.05) is 5.32 Å². The Morgan fingerprint density at radius 1 is 1.31 bits per heavy atom. The van der Waals surface area contributed by atoms with Gasteiger partial charge in [-0.05, 0) is 33.6 Å². The van der Waals surface area contributed by atoms with Crippen LogP contribution < -0.4 is 5.32 Å². The molecule has 0 radical (unpaired) electrons. The van der Waals surface area contributed by atoms with E-state index in [4.69, 9.17) is 0 Å². The van der Waals surface area contributed by atoms with Crippen molar-refractivity contribution in [1.29, 1.82) is 0 Å². The molecule has 2 aromatic rings. The first-order valence-electron chi connectivity index (χ1n) is 4.70. The molecule has 1 aromatic carbocycles. The number of rotatable bonds is 3. The number of aromatic nitrogens is 2. The van der Waals surface area contributed by atoms with Crippen molar-refractivity contribution in [2.24, 2.45) is 0 Å². The summed E-state index contributed by atoms with van der Waals surface area (Å²) >= 11 is 3.23. The fourth-order valence-electron chi connectivity index (χ4n) is 1.27. The Kier molecular flexibility index (Phi) is 3.46. The van der Waals surface area contributed by atoms with Crippen LogP contribution in [0.25, 0.3) is 0 Å². The summed E-state index contributed by atoms with van der Waals surface area (Å²) in [6.45, 7) is 0.517. The smallest absolute Gasteiger partial charge is 0.146 e. The van der Waals surface area contributed by atoms with Gasteiger partial charge in [-0.1, -0.05) is 12.1 Å². The summed E-state index contributed by atoms with van der Waals surface area (Å²) in [4.78, 5) is 8.13. The predicted molar refractivity (Wildman–Crippen MR) is 63.5 cm³/mol. The van der Waals surface area contributed by atoms with E-state index in [1.54, 1.807) is 18.5 Å². The van der Waals surface area contributed by atoms with E-state index in [-0.39, 0.29) is 5.82 Å². The molecule has 1 N–H and O–H groups in total. The van der Waals surface area contributed by atoms with Crippen LogP contribution in [-0.2, 0) is 6.54 Å². The lowest BCUT2D eigenvalue weighted by Crippen LogP contribution is -2.02. The van der Waals surface area contributed by atoms with E-state index in [0.29, 0.717) is 17.0 Å².